The van der Waals surface area contributed by atoms with Crippen LogP contribution in [0.3, 0.4) is 0 Å². The van der Waals surface area contributed by atoms with Crippen LogP contribution in [0.1, 0.15) is 168 Å². The van der Waals surface area contributed by atoms with Gasteiger partial charge >= 0.3 is 0 Å². The molecule has 0 aliphatic heterocycles. The molecule has 0 fully saturated rings. The van der Waals surface area contributed by atoms with E-state index in [1.807, 2.05) is 0 Å². The van der Waals surface area contributed by atoms with Crippen LogP contribution >= 0.6 is 0 Å². The molecule has 0 bridgehead atoms. The van der Waals surface area contributed by atoms with Crippen molar-refractivity contribution in [2.75, 3.05) is 0 Å². The zero-order valence-corrected chi connectivity index (χ0v) is 21.5. The van der Waals surface area contributed by atoms with E-state index in [0.717, 1.165) is 0 Å². The first-order valence-electron chi connectivity index (χ1n) is 14.2. The molecule has 0 heterocycles. The molecular formula is C30H58. The zero-order valence-electron chi connectivity index (χ0n) is 21.5. The fraction of sp³-hybridized carbons (Fsp3) is 0.867. The van der Waals surface area contributed by atoms with Crippen LogP contribution in [-0.4, -0.2) is 0 Å². The third-order valence-electron chi connectivity index (χ3n) is 6.32. The molecule has 0 aromatic rings. The summed E-state index contributed by atoms with van der Waals surface area (Å²) in [4.78, 5) is 0. The first-order chi connectivity index (χ1) is 14.8. The molecule has 30 heavy (non-hydrogen) atoms. The van der Waals surface area contributed by atoms with E-state index in [1.54, 1.807) is 5.57 Å². The van der Waals surface area contributed by atoms with Crippen molar-refractivity contribution in [1.29, 1.82) is 0 Å². The second-order valence-corrected chi connectivity index (χ2v) is 9.52. The van der Waals surface area contributed by atoms with E-state index in [0.29, 0.717) is 0 Å². The van der Waals surface area contributed by atoms with E-state index in [2.05, 4.69) is 39.0 Å². The maximum absolute atomic E-state index is 2.49. The SMILES string of the molecule is CCCC=C(C=CCCCCCC)CCCCCCCCCCCCCCCCC. The fourth-order valence-electron chi connectivity index (χ4n) is 4.21. The van der Waals surface area contributed by atoms with Gasteiger partial charge in [-0.1, -0.05) is 160 Å². The number of hydrogen-bond acceptors (Lipinski definition) is 0. The molecule has 0 heteroatoms. The van der Waals surface area contributed by atoms with E-state index in [1.165, 1.54) is 148 Å². The maximum atomic E-state index is 2.49. The Hall–Kier alpha value is -0.520. The fourth-order valence-corrected chi connectivity index (χ4v) is 4.21. The van der Waals surface area contributed by atoms with Gasteiger partial charge in [-0.05, 0) is 32.1 Å². The van der Waals surface area contributed by atoms with Crippen LogP contribution in [0, 0.1) is 0 Å². The summed E-state index contributed by atoms with van der Waals surface area (Å²) in [5.74, 6) is 0. The Morgan fingerprint density at radius 1 is 0.433 bits per heavy atom. The Labute approximate surface area is 192 Å². The van der Waals surface area contributed by atoms with Gasteiger partial charge in [0, 0.05) is 0 Å². The van der Waals surface area contributed by atoms with Crippen molar-refractivity contribution in [2.24, 2.45) is 0 Å². The summed E-state index contributed by atoms with van der Waals surface area (Å²) in [5, 5.41) is 0. The highest BCUT2D eigenvalue weighted by Crippen LogP contribution is 2.16. The highest BCUT2D eigenvalue weighted by molar-refractivity contribution is 5.18. The Bertz CT molecular complexity index is 362. The Kier molecular flexibility index (Phi) is 26.1. The molecule has 0 saturated heterocycles. The van der Waals surface area contributed by atoms with Crippen LogP contribution in [-0.2, 0) is 0 Å². The normalized spacial score (nSPS) is 12.3. The van der Waals surface area contributed by atoms with Crippen molar-refractivity contribution in [3.63, 3.8) is 0 Å². The molecular weight excluding hydrogens is 360 g/mol. The molecule has 0 aromatic heterocycles. The Balaban J connectivity index is 3.54. The van der Waals surface area contributed by atoms with Crippen molar-refractivity contribution in [2.45, 2.75) is 168 Å². The van der Waals surface area contributed by atoms with Crippen LogP contribution in [0.15, 0.2) is 23.8 Å². The second-order valence-electron chi connectivity index (χ2n) is 9.52. The molecule has 0 atom stereocenters. The van der Waals surface area contributed by atoms with Gasteiger partial charge < -0.3 is 0 Å². The molecule has 0 aliphatic rings. The zero-order chi connectivity index (χ0) is 22.0. The monoisotopic (exact) mass is 418 g/mol. The van der Waals surface area contributed by atoms with Gasteiger partial charge in [0.25, 0.3) is 0 Å². The summed E-state index contributed by atoms with van der Waals surface area (Å²) in [6.07, 6.45) is 39.7. The van der Waals surface area contributed by atoms with Gasteiger partial charge in [0.1, 0.15) is 0 Å². The highest BCUT2D eigenvalue weighted by atomic mass is 14.0. The number of hydrogen-bond donors (Lipinski definition) is 0. The van der Waals surface area contributed by atoms with Crippen molar-refractivity contribution >= 4 is 0 Å². The van der Waals surface area contributed by atoms with E-state index in [9.17, 15) is 0 Å². The summed E-state index contributed by atoms with van der Waals surface area (Å²) in [5.41, 5.74) is 1.60. The average molecular weight is 419 g/mol. The lowest BCUT2D eigenvalue weighted by atomic mass is 10.0. The smallest absolute Gasteiger partial charge is 0.0282 e. The minimum absolute atomic E-state index is 1.24. The minimum atomic E-state index is 1.24. The maximum Gasteiger partial charge on any atom is -0.0282 e. The predicted molar refractivity (Wildman–Crippen MR) is 140 cm³/mol. The largest absolute Gasteiger partial charge is 0.0843 e. The van der Waals surface area contributed by atoms with E-state index in [4.69, 9.17) is 0 Å². The summed E-state index contributed by atoms with van der Waals surface area (Å²) in [6.45, 7) is 6.88. The van der Waals surface area contributed by atoms with Gasteiger partial charge in [-0.15, -0.1) is 0 Å². The van der Waals surface area contributed by atoms with Crippen LogP contribution in [0.2, 0.25) is 0 Å². The quantitative estimate of drug-likeness (QED) is 0.108. The third-order valence-corrected chi connectivity index (χ3v) is 6.32. The summed E-state index contributed by atoms with van der Waals surface area (Å²) in [6, 6.07) is 0. The molecule has 0 N–H and O–H groups in total. The van der Waals surface area contributed by atoms with Crippen molar-refractivity contribution in [1.82, 2.24) is 0 Å². The van der Waals surface area contributed by atoms with Crippen LogP contribution < -0.4 is 0 Å². The first-order valence-corrected chi connectivity index (χ1v) is 14.2. The van der Waals surface area contributed by atoms with Crippen molar-refractivity contribution < 1.29 is 0 Å². The second kappa shape index (κ2) is 26.5. The molecule has 0 nitrogen and oxygen atoms in total. The lowest BCUT2D eigenvalue weighted by molar-refractivity contribution is 0.532. The van der Waals surface area contributed by atoms with Gasteiger partial charge in [0.15, 0.2) is 0 Å². The van der Waals surface area contributed by atoms with E-state index >= 15 is 0 Å². The summed E-state index contributed by atoms with van der Waals surface area (Å²) in [7, 11) is 0. The number of unbranched alkanes of at least 4 members (excludes halogenated alkanes) is 19. The molecule has 0 aliphatic carbocycles. The summed E-state index contributed by atoms with van der Waals surface area (Å²) < 4.78 is 0. The van der Waals surface area contributed by atoms with Gasteiger partial charge in [0.05, 0.1) is 0 Å². The minimum Gasteiger partial charge on any atom is -0.0843 e. The lowest BCUT2D eigenvalue weighted by Crippen LogP contribution is -1.85. The molecule has 0 spiro atoms. The van der Waals surface area contributed by atoms with Crippen molar-refractivity contribution in [3.05, 3.63) is 23.8 Å². The lowest BCUT2D eigenvalue weighted by Gasteiger charge is -2.05. The molecule has 0 rings (SSSR count). The van der Waals surface area contributed by atoms with Gasteiger partial charge in [-0.3, -0.25) is 0 Å². The van der Waals surface area contributed by atoms with E-state index in [-0.39, 0.29) is 0 Å². The predicted octanol–water partition coefficient (Wildman–Crippen LogP) is 11.5. The number of rotatable bonds is 24. The van der Waals surface area contributed by atoms with Crippen LogP contribution in [0.5, 0.6) is 0 Å². The van der Waals surface area contributed by atoms with Gasteiger partial charge in [-0.25, -0.2) is 0 Å². The molecule has 0 unspecified atom stereocenters. The molecule has 0 saturated carbocycles. The van der Waals surface area contributed by atoms with Gasteiger partial charge in [-0.2, -0.15) is 0 Å². The Morgan fingerprint density at radius 3 is 1.33 bits per heavy atom. The van der Waals surface area contributed by atoms with Gasteiger partial charge in [0.2, 0.25) is 0 Å². The van der Waals surface area contributed by atoms with E-state index < -0.39 is 0 Å². The molecule has 0 radical (unpaired) electrons. The van der Waals surface area contributed by atoms with Crippen molar-refractivity contribution in [3.8, 4) is 0 Å². The van der Waals surface area contributed by atoms with Crippen LogP contribution in [0.4, 0.5) is 0 Å². The topological polar surface area (TPSA) is 0 Å². The molecule has 178 valence electrons. The molecule has 0 amide bonds. The molecule has 0 aromatic carbocycles. The average Bonchev–Trinajstić information content (AvgIpc) is 2.76. The standard InChI is InChI=1S/C30H58/c1-4-7-10-12-14-15-16-17-18-19-20-21-22-24-26-29-30(27-9-6-3)28-25-23-13-11-8-5-2/h25,27-28H,4-24,26,29H2,1-3H3. The Morgan fingerprint density at radius 2 is 0.867 bits per heavy atom. The number of allylic oxidation sites excluding steroid dienone is 4. The highest BCUT2D eigenvalue weighted by Gasteiger charge is 1.97. The summed E-state index contributed by atoms with van der Waals surface area (Å²) >= 11 is 0. The van der Waals surface area contributed by atoms with Crippen LogP contribution in [0.25, 0.3) is 0 Å². The first kappa shape index (κ1) is 29.5. The third kappa shape index (κ3) is 23.8.